The van der Waals surface area contributed by atoms with Crippen LogP contribution in [0.2, 0.25) is 0 Å². The second kappa shape index (κ2) is 9.09. The van der Waals surface area contributed by atoms with Crippen LogP contribution >= 0.6 is 0 Å². The third kappa shape index (κ3) is 7.10. The lowest BCUT2D eigenvalue weighted by atomic mass is 9.98. The second-order valence-electron chi connectivity index (χ2n) is 5.49. The Hall–Kier alpha value is -2.15. The number of para-hydroxylation sites is 1. The number of aliphatic carboxylic acids is 1. The second-order valence-corrected chi connectivity index (χ2v) is 5.49. The molecule has 1 aromatic rings. The van der Waals surface area contributed by atoms with Crippen LogP contribution in [0.5, 0.6) is 5.75 Å². The minimum absolute atomic E-state index is 0.0940. The zero-order chi connectivity index (χ0) is 17.3. The van der Waals surface area contributed by atoms with E-state index in [-0.39, 0.29) is 37.7 Å². The molecular formula is C16H22FNO5. The van der Waals surface area contributed by atoms with Gasteiger partial charge >= 0.3 is 5.97 Å². The molecule has 0 heterocycles. The fourth-order valence-corrected chi connectivity index (χ4v) is 2.16. The number of rotatable bonds is 10. The van der Waals surface area contributed by atoms with Crippen LogP contribution in [0.15, 0.2) is 24.3 Å². The van der Waals surface area contributed by atoms with Gasteiger partial charge in [0, 0.05) is 13.5 Å². The maximum atomic E-state index is 13.3. The van der Waals surface area contributed by atoms with E-state index in [4.69, 9.17) is 14.6 Å². The van der Waals surface area contributed by atoms with Gasteiger partial charge in [-0.3, -0.25) is 9.59 Å². The van der Waals surface area contributed by atoms with Crippen molar-refractivity contribution in [3.8, 4) is 5.75 Å². The minimum atomic E-state index is -1.02. The molecule has 2 N–H and O–H groups in total. The van der Waals surface area contributed by atoms with Gasteiger partial charge in [-0.25, -0.2) is 4.39 Å². The fourth-order valence-electron chi connectivity index (χ4n) is 2.16. The van der Waals surface area contributed by atoms with E-state index < -0.39 is 17.3 Å². The molecule has 0 spiro atoms. The molecule has 0 aliphatic rings. The molecule has 0 radical (unpaired) electrons. The molecule has 1 atom stereocenters. The number of ether oxygens (including phenoxy) is 2. The Labute approximate surface area is 134 Å². The molecule has 0 aliphatic heterocycles. The van der Waals surface area contributed by atoms with Crippen LogP contribution in [0.1, 0.15) is 26.2 Å². The summed E-state index contributed by atoms with van der Waals surface area (Å²) in [5, 5.41) is 11.6. The van der Waals surface area contributed by atoms with Gasteiger partial charge in [-0.2, -0.15) is 0 Å². The quantitative estimate of drug-likeness (QED) is 0.642. The van der Waals surface area contributed by atoms with Crippen molar-refractivity contribution in [3.05, 3.63) is 30.1 Å². The number of carbonyl (C=O) groups is 2. The number of hydrogen-bond donors (Lipinski definition) is 2. The Bertz CT molecular complexity index is 537. The Morgan fingerprint density at radius 1 is 1.35 bits per heavy atom. The first-order valence-corrected chi connectivity index (χ1v) is 7.25. The molecule has 0 aliphatic carbocycles. The van der Waals surface area contributed by atoms with Gasteiger partial charge in [-0.1, -0.05) is 12.1 Å². The van der Waals surface area contributed by atoms with Gasteiger partial charge in [0.25, 0.3) is 0 Å². The highest BCUT2D eigenvalue weighted by atomic mass is 19.1. The number of methoxy groups -OCH3 is 1. The van der Waals surface area contributed by atoms with Gasteiger partial charge in [-0.15, -0.1) is 0 Å². The number of carboxylic acids is 1. The molecule has 23 heavy (non-hydrogen) atoms. The zero-order valence-electron chi connectivity index (χ0n) is 13.3. The molecule has 1 amide bonds. The first-order chi connectivity index (χ1) is 10.9. The average molecular weight is 327 g/mol. The Morgan fingerprint density at radius 3 is 2.65 bits per heavy atom. The van der Waals surface area contributed by atoms with Crippen molar-refractivity contribution in [2.24, 2.45) is 0 Å². The molecular weight excluding hydrogens is 305 g/mol. The number of nitrogens with one attached hydrogen (secondary N) is 1. The highest BCUT2D eigenvalue weighted by Crippen LogP contribution is 2.16. The highest BCUT2D eigenvalue weighted by molar-refractivity contribution is 5.78. The van der Waals surface area contributed by atoms with E-state index in [2.05, 4.69) is 5.32 Å². The van der Waals surface area contributed by atoms with Crippen LogP contribution in [-0.2, 0) is 14.3 Å². The first kappa shape index (κ1) is 18.9. The smallest absolute Gasteiger partial charge is 0.305 e. The Kier molecular flexibility index (Phi) is 7.47. The molecule has 0 saturated heterocycles. The van der Waals surface area contributed by atoms with Crippen LogP contribution in [0.4, 0.5) is 4.39 Å². The predicted octanol–water partition coefficient (Wildman–Crippen LogP) is 1.98. The number of hydrogen-bond acceptors (Lipinski definition) is 4. The van der Waals surface area contributed by atoms with Gasteiger partial charge in [0.05, 0.1) is 25.2 Å². The molecule has 128 valence electrons. The zero-order valence-corrected chi connectivity index (χ0v) is 13.3. The number of carbonyl (C=O) groups excluding carboxylic acids is 1. The monoisotopic (exact) mass is 327 g/mol. The van der Waals surface area contributed by atoms with Gasteiger partial charge < -0.3 is 19.9 Å². The maximum Gasteiger partial charge on any atom is 0.305 e. The number of carboxylic acid groups (broad SMARTS) is 1. The molecule has 0 saturated carbocycles. The molecule has 6 nitrogen and oxygen atoms in total. The third-order valence-electron chi connectivity index (χ3n) is 3.09. The topological polar surface area (TPSA) is 84.9 Å². The van der Waals surface area contributed by atoms with Gasteiger partial charge in [0.1, 0.15) is 0 Å². The van der Waals surface area contributed by atoms with Gasteiger partial charge in [0.2, 0.25) is 5.91 Å². The van der Waals surface area contributed by atoms with Gasteiger partial charge in [0.15, 0.2) is 11.6 Å². The van der Waals surface area contributed by atoms with Crippen LogP contribution in [-0.4, -0.2) is 42.8 Å². The van der Waals surface area contributed by atoms with Crippen LogP contribution < -0.4 is 10.1 Å². The van der Waals surface area contributed by atoms with E-state index in [0.717, 1.165) is 0 Å². The van der Waals surface area contributed by atoms with Crippen molar-refractivity contribution in [2.75, 3.05) is 20.3 Å². The summed E-state index contributed by atoms with van der Waals surface area (Å²) >= 11 is 0. The standard InChI is InChI=1S/C16H22FNO5/c1-16(11-22-2,10-15(20)21)18-14(19)8-5-9-23-13-7-4-3-6-12(13)17/h3-4,6-7H,5,8-11H2,1-2H3,(H,18,19)(H,20,21). The number of halogens is 1. The summed E-state index contributed by atoms with van der Waals surface area (Å²) in [6.07, 6.45) is 0.294. The van der Waals surface area contributed by atoms with E-state index >= 15 is 0 Å². The average Bonchev–Trinajstić information content (AvgIpc) is 2.44. The van der Waals surface area contributed by atoms with E-state index in [1.165, 1.54) is 19.2 Å². The SMILES string of the molecule is COCC(C)(CC(=O)O)NC(=O)CCCOc1ccccc1F. The summed E-state index contributed by atoms with van der Waals surface area (Å²) < 4.78 is 23.5. The van der Waals surface area contributed by atoms with Crippen LogP contribution in [0.25, 0.3) is 0 Å². The summed E-state index contributed by atoms with van der Waals surface area (Å²) in [4.78, 5) is 22.8. The summed E-state index contributed by atoms with van der Waals surface area (Å²) in [6.45, 7) is 1.89. The lowest BCUT2D eigenvalue weighted by molar-refractivity contribution is -0.139. The predicted molar refractivity (Wildman–Crippen MR) is 81.8 cm³/mol. The number of amides is 1. The highest BCUT2D eigenvalue weighted by Gasteiger charge is 2.29. The van der Waals surface area contributed by atoms with Crippen LogP contribution in [0.3, 0.4) is 0 Å². The van der Waals surface area contributed by atoms with E-state index in [1.807, 2.05) is 0 Å². The molecule has 0 fully saturated rings. The van der Waals surface area contributed by atoms with Crippen molar-refractivity contribution in [1.82, 2.24) is 5.32 Å². The third-order valence-corrected chi connectivity index (χ3v) is 3.09. The summed E-state index contributed by atoms with van der Waals surface area (Å²) in [5.41, 5.74) is -0.968. The van der Waals surface area contributed by atoms with Crippen molar-refractivity contribution >= 4 is 11.9 Å². The molecule has 7 heteroatoms. The molecule has 1 unspecified atom stereocenters. The molecule has 0 bridgehead atoms. The Balaban J connectivity index is 2.38. The maximum absolute atomic E-state index is 13.3. The van der Waals surface area contributed by atoms with Crippen LogP contribution in [0, 0.1) is 5.82 Å². The fraction of sp³-hybridized carbons (Fsp3) is 0.500. The Morgan fingerprint density at radius 2 is 2.04 bits per heavy atom. The van der Waals surface area contributed by atoms with E-state index in [9.17, 15) is 14.0 Å². The summed E-state index contributed by atoms with van der Waals surface area (Å²) in [6, 6.07) is 6.03. The van der Waals surface area contributed by atoms with Crippen molar-refractivity contribution in [1.29, 1.82) is 0 Å². The van der Waals surface area contributed by atoms with Crippen molar-refractivity contribution < 1.29 is 28.6 Å². The van der Waals surface area contributed by atoms with E-state index in [1.54, 1.807) is 19.1 Å². The van der Waals surface area contributed by atoms with Crippen molar-refractivity contribution in [2.45, 2.75) is 31.7 Å². The molecule has 1 rings (SSSR count). The van der Waals surface area contributed by atoms with Gasteiger partial charge in [-0.05, 0) is 25.5 Å². The summed E-state index contributed by atoms with van der Waals surface area (Å²) in [5.74, 6) is -1.63. The normalized spacial score (nSPS) is 13.2. The lowest BCUT2D eigenvalue weighted by Gasteiger charge is -2.28. The lowest BCUT2D eigenvalue weighted by Crippen LogP contribution is -2.50. The minimum Gasteiger partial charge on any atom is -0.491 e. The number of benzene rings is 1. The first-order valence-electron chi connectivity index (χ1n) is 7.25. The van der Waals surface area contributed by atoms with E-state index in [0.29, 0.717) is 6.42 Å². The molecule has 1 aromatic carbocycles. The largest absolute Gasteiger partial charge is 0.491 e. The van der Waals surface area contributed by atoms with Crippen molar-refractivity contribution in [3.63, 3.8) is 0 Å². The summed E-state index contributed by atoms with van der Waals surface area (Å²) in [7, 11) is 1.44. The molecule has 0 aromatic heterocycles.